The highest BCUT2D eigenvalue weighted by molar-refractivity contribution is 7.80. The Morgan fingerprint density at radius 1 is 1.03 bits per heavy atom. The maximum atomic E-state index is 12.6. The number of quaternary nitrogens is 1. The van der Waals surface area contributed by atoms with E-state index in [1.54, 1.807) is 0 Å². The van der Waals surface area contributed by atoms with E-state index in [2.05, 4.69) is 13.8 Å². The van der Waals surface area contributed by atoms with Crippen LogP contribution >= 0.6 is 20.0 Å². The molecular formula is C21H43NO7PS+. The van der Waals surface area contributed by atoms with Crippen LogP contribution in [0.25, 0.3) is 0 Å². The number of aliphatic hydroxyl groups excluding tert-OH is 1. The summed E-state index contributed by atoms with van der Waals surface area (Å²) >= 11 is 5.15. The molecule has 0 fully saturated rings. The van der Waals surface area contributed by atoms with Crippen LogP contribution in [-0.4, -0.2) is 78.4 Å². The van der Waals surface area contributed by atoms with Crippen LogP contribution in [0.1, 0.15) is 71.6 Å². The highest BCUT2D eigenvalue weighted by atomic mass is 32.1. The van der Waals surface area contributed by atoms with Gasteiger partial charge in [-0.05, 0) is 25.1 Å². The van der Waals surface area contributed by atoms with Gasteiger partial charge < -0.3 is 19.2 Å². The van der Waals surface area contributed by atoms with Gasteiger partial charge in [-0.2, -0.15) is 0 Å². The fourth-order valence-electron chi connectivity index (χ4n) is 2.67. The first-order valence-electron chi connectivity index (χ1n) is 11.2. The van der Waals surface area contributed by atoms with Crippen LogP contribution in [0.15, 0.2) is 0 Å². The number of phosphoric ester groups is 1. The zero-order valence-electron chi connectivity index (χ0n) is 19.9. The fraction of sp³-hybridized carbons (Fsp3) is 0.905. The number of hydrogen-bond donors (Lipinski definition) is 2. The number of unbranched alkanes of at least 4 members (excludes halogenated alkanes) is 5. The number of carbonyl (C=O) groups is 1. The number of ketones is 1. The van der Waals surface area contributed by atoms with Gasteiger partial charge in [0.1, 0.15) is 25.9 Å². The second-order valence-electron chi connectivity index (χ2n) is 8.83. The predicted octanol–water partition coefficient (Wildman–Crippen LogP) is 4.02. The maximum Gasteiger partial charge on any atom is 0.473 e. The summed E-state index contributed by atoms with van der Waals surface area (Å²) in [6.07, 6.45) is 4.22. The number of likely N-dealkylation sites (N-methyl/N-ethyl adjacent to an activating group) is 1. The molecule has 8 nitrogen and oxygen atoms in total. The van der Waals surface area contributed by atoms with E-state index in [1.165, 1.54) is 0 Å². The summed E-state index contributed by atoms with van der Waals surface area (Å²) in [6, 6.07) is 0. The molecule has 10 heteroatoms. The van der Waals surface area contributed by atoms with E-state index in [0.717, 1.165) is 38.5 Å². The van der Waals surface area contributed by atoms with E-state index in [9.17, 15) is 19.4 Å². The molecule has 0 rings (SSSR count). The third-order valence-corrected chi connectivity index (χ3v) is 5.93. The van der Waals surface area contributed by atoms with Crippen molar-refractivity contribution in [1.29, 1.82) is 0 Å². The van der Waals surface area contributed by atoms with Crippen molar-refractivity contribution < 1.29 is 37.6 Å². The van der Waals surface area contributed by atoms with Crippen LogP contribution in [0, 0.1) is 0 Å². The van der Waals surface area contributed by atoms with Crippen LogP contribution in [0.4, 0.5) is 0 Å². The first-order valence-corrected chi connectivity index (χ1v) is 13.1. The number of phosphoric acid groups is 1. The Labute approximate surface area is 193 Å². The normalized spacial score (nSPS) is 15.8. The number of nitrogens with zero attached hydrogens (tertiary/aromatic N) is 1. The molecule has 0 aliphatic heterocycles. The summed E-state index contributed by atoms with van der Waals surface area (Å²) < 4.78 is 28.5. The molecule has 0 amide bonds. The zero-order chi connectivity index (χ0) is 23.9. The molecule has 2 unspecified atom stereocenters. The number of Topliss-reactive ketones (excluding diaryl/α,β-unsaturated/α-hetero) is 1. The van der Waals surface area contributed by atoms with E-state index < -0.39 is 25.8 Å². The molecule has 2 N–H and O–H groups in total. The lowest BCUT2D eigenvalue weighted by molar-refractivity contribution is -0.870. The number of rotatable bonds is 19. The molecule has 0 spiro atoms. The van der Waals surface area contributed by atoms with E-state index in [0.29, 0.717) is 28.9 Å². The third-order valence-electron chi connectivity index (χ3n) is 4.61. The molecule has 0 aliphatic rings. The molecule has 0 saturated heterocycles. The minimum absolute atomic E-state index is 0.0250. The molecule has 184 valence electrons. The molecule has 0 radical (unpaired) electrons. The summed E-state index contributed by atoms with van der Waals surface area (Å²) in [5, 5.41) is 10.8. The Balaban J connectivity index is 4.94. The number of ether oxygens (including phenoxy) is 1. The Bertz CT molecular complexity index is 568. The Morgan fingerprint density at radius 2 is 1.61 bits per heavy atom. The lowest BCUT2D eigenvalue weighted by atomic mass is 10.0. The van der Waals surface area contributed by atoms with E-state index in [-0.39, 0.29) is 19.6 Å². The van der Waals surface area contributed by atoms with Crippen molar-refractivity contribution in [1.82, 2.24) is 0 Å². The van der Waals surface area contributed by atoms with Crippen LogP contribution < -0.4 is 0 Å². The minimum atomic E-state index is -4.54. The molecule has 0 saturated carbocycles. The molecule has 0 aromatic carbocycles. The average Bonchev–Trinajstić information content (AvgIpc) is 2.66. The smallest absolute Gasteiger partial charge is 0.473 e. The highest BCUT2D eigenvalue weighted by Crippen LogP contribution is 2.45. The topological polar surface area (TPSA) is 102 Å². The molecule has 0 bridgehead atoms. The van der Waals surface area contributed by atoms with Gasteiger partial charge in [0.2, 0.25) is 0 Å². The summed E-state index contributed by atoms with van der Waals surface area (Å²) in [5.74, 6) is -0.450. The van der Waals surface area contributed by atoms with Gasteiger partial charge >= 0.3 is 7.82 Å². The molecule has 0 aromatic heterocycles. The average molecular weight is 485 g/mol. The van der Waals surface area contributed by atoms with Gasteiger partial charge in [0.05, 0.1) is 21.1 Å². The fourth-order valence-corrected chi connectivity index (χ4v) is 3.80. The Morgan fingerprint density at radius 3 is 2.19 bits per heavy atom. The van der Waals surface area contributed by atoms with Gasteiger partial charge in [-0.25, -0.2) is 4.57 Å². The van der Waals surface area contributed by atoms with E-state index in [4.69, 9.17) is 26.0 Å². The van der Waals surface area contributed by atoms with Crippen LogP contribution in [0.3, 0.4) is 0 Å². The monoisotopic (exact) mass is 484 g/mol. The maximum absolute atomic E-state index is 12.6. The molecule has 3 atom stereocenters. The molecule has 31 heavy (non-hydrogen) atoms. The first kappa shape index (κ1) is 30.6. The van der Waals surface area contributed by atoms with Gasteiger partial charge in [0.15, 0.2) is 16.9 Å². The summed E-state index contributed by atoms with van der Waals surface area (Å²) in [4.78, 5) is 22.7. The second-order valence-corrected chi connectivity index (χ2v) is 10.7. The van der Waals surface area contributed by atoms with Crippen molar-refractivity contribution in [3.63, 3.8) is 0 Å². The lowest BCUT2D eigenvalue weighted by Gasteiger charge is -2.26. The SMILES string of the molecule is CCCCCCC(=O)C(OP(=O)(O)OCC[N+](C)(C)C)[C@@H](O)COC(=S)CCCCC. The van der Waals surface area contributed by atoms with Gasteiger partial charge in [-0.1, -0.05) is 46.0 Å². The number of aliphatic hydroxyl groups is 1. The number of thiocarbonyl (C=S) groups is 1. The standard InChI is InChI=1S/C21H42NO7PS/c1-6-8-10-12-13-18(23)21(19(24)17-27-20(31)14-11-9-7-2)29-30(25,26)28-16-15-22(3,4)5/h19,21,24H,6-17H2,1-5H3/p+1/t19-,21?/m0/s1. The van der Waals surface area contributed by atoms with Crippen LogP contribution in [0.5, 0.6) is 0 Å². The molecular weight excluding hydrogens is 441 g/mol. The quantitative estimate of drug-likeness (QED) is 0.123. The number of carbonyl (C=O) groups excluding carboxylic acids is 1. The van der Waals surface area contributed by atoms with Crippen molar-refractivity contribution in [2.75, 3.05) is 40.9 Å². The van der Waals surface area contributed by atoms with E-state index in [1.807, 2.05) is 21.1 Å². The van der Waals surface area contributed by atoms with Crippen molar-refractivity contribution in [2.45, 2.75) is 83.8 Å². The summed E-state index contributed by atoms with van der Waals surface area (Å²) in [5.41, 5.74) is 0. The predicted molar refractivity (Wildman–Crippen MR) is 126 cm³/mol. The van der Waals surface area contributed by atoms with Crippen LogP contribution in [0.2, 0.25) is 0 Å². The first-order chi connectivity index (χ1) is 14.4. The minimum Gasteiger partial charge on any atom is -0.484 e. The van der Waals surface area contributed by atoms with Crippen molar-refractivity contribution >= 4 is 30.9 Å². The van der Waals surface area contributed by atoms with Crippen molar-refractivity contribution in [2.24, 2.45) is 0 Å². The lowest BCUT2D eigenvalue weighted by Crippen LogP contribution is -2.40. The van der Waals surface area contributed by atoms with Crippen molar-refractivity contribution in [3.8, 4) is 0 Å². The third kappa shape index (κ3) is 16.8. The second kappa shape index (κ2) is 16.2. The summed E-state index contributed by atoms with van der Waals surface area (Å²) in [7, 11) is 1.21. The highest BCUT2D eigenvalue weighted by Gasteiger charge is 2.36. The summed E-state index contributed by atoms with van der Waals surface area (Å²) in [6.45, 7) is 4.31. The largest absolute Gasteiger partial charge is 0.484 e. The van der Waals surface area contributed by atoms with Gasteiger partial charge in [-0.15, -0.1) is 0 Å². The van der Waals surface area contributed by atoms with Gasteiger partial charge in [0.25, 0.3) is 0 Å². The molecule has 0 heterocycles. The van der Waals surface area contributed by atoms with Crippen LogP contribution in [-0.2, 0) is 23.1 Å². The van der Waals surface area contributed by atoms with Gasteiger partial charge in [-0.3, -0.25) is 13.8 Å². The van der Waals surface area contributed by atoms with Crippen molar-refractivity contribution in [3.05, 3.63) is 0 Å². The van der Waals surface area contributed by atoms with E-state index >= 15 is 0 Å². The Hall–Kier alpha value is -0.410. The Kier molecular flexibility index (Phi) is 16.0. The molecule has 0 aromatic rings. The number of hydrogen-bond acceptors (Lipinski definition) is 7. The molecule has 0 aliphatic carbocycles. The van der Waals surface area contributed by atoms with Gasteiger partial charge in [0, 0.05) is 12.8 Å². The zero-order valence-corrected chi connectivity index (χ0v) is 21.6.